The molecule has 9 rings (SSSR count). The number of aliphatic hydroxyl groups is 1. The minimum Gasteiger partial charge on any atom is -0.497 e. The van der Waals surface area contributed by atoms with Gasteiger partial charge in [-0.15, -0.1) is 0 Å². The zero-order valence-corrected chi connectivity index (χ0v) is 37.1. The third kappa shape index (κ3) is 8.02. The van der Waals surface area contributed by atoms with Gasteiger partial charge in [-0.25, -0.2) is 0 Å². The summed E-state index contributed by atoms with van der Waals surface area (Å²) in [7, 11) is 6.42. The highest BCUT2D eigenvalue weighted by Gasteiger charge is 2.62. The van der Waals surface area contributed by atoms with Crippen molar-refractivity contribution in [3.8, 4) is 28.7 Å². The summed E-state index contributed by atoms with van der Waals surface area (Å²) in [5.74, 6) is -1.68. The molecular weight excluding hydrogens is 837 g/mol. The van der Waals surface area contributed by atoms with E-state index in [2.05, 4.69) is 0 Å². The number of benzene rings is 5. The number of hydrogen-bond acceptors (Lipinski definition) is 10. The highest BCUT2D eigenvalue weighted by atomic mass is 16.5. The molecule has 5 aromatic rings. The fourth-order valence-corrected chi connectivity index (χ4v) is 10.2. The number of carbonyl (C=O) groups is 4. The number of allylic oxidation sites excluding steroid dienone is 2. The molecule has 2 aliphatic carbocycles. The predicted molar refractivity (Wildman–Crippen MR) is 251 cm³/mol. The third-order valence-corrected chi connectivity index (χ3v) is 13.3. The number of fused-ring (bicyclic) bond motifs is 4. The maximum Gasteiger partial charge on any atom is 0.238 e. The summed E-state index contributed by atoms with van der Waals surface area (Å²) in [5, 5.41) is 9.34. The van der Waals surface area contributed by atoms with Crippen molar-refractivity contribution in [3.05, 3.63) is 149 Å². The van der Waals surface area contributed by atoms with E-state index in [-0.39, 0.29) is 43.3 Å². The van der Waals surface area contributed by atoms with Gasteiger partial charge in [0.2, 0.25) is 23.6 Å². The van der Waals surface area contributed by atoms with E-state index >= 15 is 0 Å². The lowest BCUT2D eigenvalue weighted by molar-refractivity contribution is -0.126. The van der Waals surface area contributed by atoms with Gasteiger partial charge in [0.15, 0.2) is 0 Å². The van der Waals surface area contributed by atoms with Crippen LogP contribution in [0.2, 0.25) is 0 Å². The molecule has 6 unspecified atom stereocenters. The first kappa shape index (κ1) is 43.8. The number of carbonyl (C=O) groups excluding carboxylic acids is 4. The van der Waals surface area contributed by atoms with E-state index in [0.717, 1.165) is 33.4 Å². The number of hydrogen-bond donors (Lipinski definition) is 1. The van der Waals surface area contributed by atoms with Crippen LogP contribution in [0, 0.1) is 29.6 Å². The normalized spacial score (nSPS) is 22.3. The van der Waals surface area contributed by atoms with E-state index < -0.39 is 35.5 Å². The summed E-state index contributed by atoms with van der Waals surface area (Å²) in [6, 6.07) is 33.0. The molecule has 12 nitrogen and oxygen atoms in total. The van der Waals surface area contributed by atoms with E-state index in [1.807, 2.05) is 103 Å². The predicted octanol–water partition coefficient (Wildman–Crippen LogP) is 8.48. The van der Waals surface area contributed by atoms with Gasteiger partial charge in [0.1, 0.15) is 35.4 Å². The Morgan fingerprint density at radius 1 is 0.545 bits per heavy atom. The minimum absolute atomic E-state index is 0.125. The first-order valence-corrected chi connectivity index (χ1v) is 22.0. The maximum atomic E-state index is 14.8. The maximum absolute atomic E-state index is 14.8. The number of imide groups is 2. The molecule has 1 N–H and O–H groups in total. The molecule has 1 saturated carbocycles. The van der Waals surface area contributed by atoms with Crippen LogP contribution in [0.4, 0.5) is 11.4 Å². The van der Waals surface area contributed by atoms with Crippen LogP contribution in [-0.4, -0.2) is 70.4 Å². The number of aliphatic hydroxyl groups excluding tert-OH is 1. The smallest absolute Gasteiger partial charge is 0.238 e. The van der Waals surface area contributed by atoms with Gasteiger partial charge in [0.05, 0.1) is 70.1 Å². The Morgan fingerprint density at radius 2 is 1.05 bits per heavy atom. The molecule has 2 aliphatic heterocycles. The minimum atomic E-state index is -0.736. The second kappa shape index (κ2) is 18.6. The SMILES string of the molecule is COc1ccc(OC)c(C=Cc2ccc(N3C(=O)C4CC=C5C(CC6C(=O)N(c7ccc(C=Cc8cc(OC)ccc8OC)cc7)C(=O)C6C5c5ccc(OCCO)cc5)C4C3=O)cc2)c1. The van der Waals surface area contributed by atoms with Crippen LogP contribution >= 0.6 is 0 Å². The van der Waals surface area contributed by atoms with Gasteiger partial charge in [-0.2, -0.15) is 0 Å². The van der Waals surface area contributed by atoms with Gasteiger partial charge in [0, 0.05) is 17.0 Å². The first-order chi connectivity index (χ1) is 32.2. The second-order valence-electron chi connectivity index (χ2n) is 16.8. The topological polar surface area (TPSA) is 141 Å². The number of anilines is 2. The van der Waals surface area contributed by atoms with Crippen LogP contribution in [-0.2, 0) is 19.2 Å². The molecule has 5 aromatic carbocycles. The van der Waals surface area contributed by atoms with E-state index in [0.29, 0.717) is 46.5 Å². The average molecular weight is 887 g/mol. The van der Waals surface area contributed by atoms with Crippen LogP contribution in [0.1, 0.15) is 46.6 Å². The van der Waals surface area contributed by atoms with Gasteiger partial charge in [-0.05, 0) is 108 Å². The van der Waals surface area contributed by atoms with Crippen molar-refractivity contribution < 1.29 is 48.0 Å². The Bertz CT molecular complexity index is 2760. The summed E-state index contributed by atoms with van der Waals surface area (Å²) in [4.78, 5) is 61.1. The van der Waals surface area contributed by atoms with Crippen LogP contribution in [0.3, 0.4) is 0 Å². The van der Waals surface area contributed by atoms with Crippen molar-refractivity contribution in [2.75, 3.05) is 51.5 Å². The summed E-state index contributed by atoms with van der Waals surface area (Å²) in [6.07, 6.45) is 10.3. The Kier molecular flexibility index (Phi) is 12.3. The molecule has 4 aliphatic rings. The molecule has 3 fully saturated rings. The van der Waals surface area contributed by atoms with E-state index in [4.69, 9.17) is 23.7 Å². The third-order valence-electron chi connectivity index (χ3n) is 13.3. The molecule has 2 saturated heterocycles. The number of ether oxygens (including phenoxy) is 5. The summed E-state index contributed by atoms with van der Waals surface area (Å²) in [5.41, 5.74) is 5.98. The van der Waals surface area contributed by atoms with E-state index in [1.165, 1.54) is 9.80 Å². The number of methoxy groups -OCH3 is 4. The van der Waals surface area contributed by atoms with Crippen molar-refractivity contribution in [1.29, 1.82) is 0 Å². The van der Waals surface area contributed by atoms with Crippen LogP contribution in [0.25, 0.3) is 24.3 Å². The van der Waals surface area contributed by atoms with Crippen molar-refractivity contribution in [2.45, 2.75) is 18.8 Å². The van der Waals surface area contributed by atoms with E-state index in [9.17, 15) is 24.3 Å². The van der Waals surface area contributed by atoms with Crippen LogP contribution < -0.4 is 33.5 Å². The first-order valence-electron chi connectivity index (χ1n) is 22.0. The summed E-state index contributed by atoms with van der Waals surface area (Å²) < 4.78 is 27.5. The van der Waals surface area contributed by atoms with Gasteiger partial charge in [-0.1, -0.05) is 72.4 Å². The number of rotatable bonds is 14. The number of nitrogens with zero attached hydrogens (tertiary/aromatic N) is 2. The highest BCUT2D eigenvalue weighted by molar-refractivity contribution is 6.24. The average Bonchev–Trinajstić information content (AvgIpc) is 3.76. The molecule has 0 bridgehead atoms. The van der Waals surface area contributed by atoms with Crippen molar-refractivity contribution in [1.82, 2.24) is 0 Å². The molecule has 66 heavy (non-hydrogen) atoms. The lowest BCUT2D eigenvalue weighted by atomic mass is 9.57. The Balaban J connectivity index is 1.00. The zero-order chi connectivity index (χ0) is 46.1. The molecule has 12 heteroatoms. The molecule has 4 amide bonds. The summed E-state index contributed by atoms with van der Waals surface area (Å²) in [6.45, 7) is -0.0169. The standard InChI is InChI=1S/C54H50N2O10/c1-62-40-21-25-46(64-3)35(29-40)11-5-32-7-15-37(16-8-32)55-51(58)43-24-23-42-44(49(43)53(55)60)31-45-50(48(42)34-13-19-39(20-14-34)66-28-27-57)54(61)56(52(45)59)38-17-9-33(10-18-38)6-12-36-30-41(63-2)22-26-47(36)65-4/h5-23,25-26,29-30,43-45,48-50,57H,24,27-28,31H2,1-4H3. The van der Waals surface area contributed by atoms with E-state index in [1.54, 1.807) is 64.8 Å². The van der Waals surface area contributed by atoms with Gasteiger partial charge in [0.25, 0.3) is 0 Å². The lowest BCUT2D eigenvalue weighted by Gasteiger charge is -2.44. The Morgan fingerprint density at radius 3 is 1.55 bits per heavy atom. The van der Waals surface area contributed by atoms with Crippen molar-refractivity contribution >= 4 is 59.3 Å². The quantitative estimate of drug-likeness (QED) is 0.0656. The van der Waals surface area contributed by atoms with Crippen LogP contribution in [0.15, 0.2) is 121 Å². The van der Waals surface area contributed by atoms with Gasteiger partial charge < -0.3 is 28.8 Å². The molecule has 0 spiro atoms. The van der Waals surface area contributed by atoms with Crippen molar-refractivity contribution in [2.24, 2.45) is 29.6 Å². The lowest BCUT2D eigenvalue weighted by Crippen LogP contribution is -2.43. The zero-order valence-electron chi connectivity index (χ0n) is 37.1. The fourth-order valence-electron chi connectivity index (χ4n) is 10.2. The Hall–Kier alpha value is -7.44. The second-order valence-corrected chi connectivity index (χ2v) is 16.8. The molecule has 6 atom stereocenters. The molecule has 336 valence electrons. The monoisotopic (exact) mass is 886 g/mol. The van der Waals surface area contributed by atoms with Gasteiger partial charge in [-0.3, -0.25) is 29.0 Å². The van der Waals surface area contributed by atoms with Crippen molar-refractivity contribution in [3.63, 3.8) is 0 Å². The van der Waals surface area contributed by atoms with Gasteiger partial charge >= 0.3 is 0 Å². The fraction of sp³-hybridized carbons (Fsp3) is 0.259. The summed E-state index contributed by atoms with van der Waals surface area (Å²) >= 11 is 0. The number of amides is 4. The van der Waals surface area contributed by atoms with Crippen LogP contribution in [0.5, 0.6) is 28.7 Å². The highest BCUT2D eigenvalue weighted by Crippen LogP contribution is 2.58. The molecular formula is C54H50N2O10. The molecule has 0 radical (unpaired) electrons. The molecule has 0 aromatic heterocycles. The largest absolute Gasteiger partial charge is 0.497 e. The Labute approximate surface area is 383 Å². The molecule has 2 heterocycles.